The lowest BCUT2D eigenvalue weighted by atomic mass is 9.83. The third kappa shape index (κ3) is 3.03. The molecule has 0 saturated heterocycles. The van der Waals surface area contributed by atoms with Gasteiger partial charge in [0.15, 0.2) is 0 Å². The zero-order chi connectivity index (χ0) is 11.3. The van der Waals surface area contributed by atoms with E-state index in [4.69, 9.17) is 5.73 Å². The van der Waals surface area contributed by atoms with Crippen molar-refractivity contribution in [3.8, 4) is 0 Å². The SMILES string of the molecule is CCC(CC)C(CN)c1ccc(F)cc1. The largest absolute Gasteiger partial charge is 0.330 e. The molecule has 0 spiro atoms. The quantitative estimate of drug-likeness (QED) is 0.791. The second-order valence-electron chi connectivity index (χ2n) is 3.97. The smallest absolute Gasteiger partial charge is 0.123 e. The highest BCUT2D eigenvalue weighted by atomic mass is 19.1. The molecular formula is C13H20FN. The van der Waals surface area contributed by atoms with Crippen molar-refractivity contribution in [2.75, 3.05) is 6.54 Å². The Kier molecular flexibility index (Phi) is 4.76. The highest BCUT2D eigenvalue weighted by Gasteiger charge is 2.18. The zero-order valence-corrected chi connectivity index (χ0v) is 9.54. The van der Waals surface area contributed by atoms with Gasteiger partial charge in [0.2, 0.25) is 0 Å². The predicted molar refractivity (Wildman–Crippen MR) is 62.3 cm³/mol. The van der Waals surface area contributed by atoms with Crippen LogP contribution in [-0.2, 0) is 0 Å². The molecule has 0 heterocycles. The molecular weight excluding hydrogens is 189 g/mol. The molecule has 84 valence electrons. The van der Waals surface area contributed by atoms with Gasteiger partial charge < -0.3 is 5.73 Å². The molecule has 2 N–H and O–H groups in total. The second kappa shape index (κ2) is 5.86. The number of hydrogen-bond acceptors (Lipinski definition) is 1. The Balaban J connectivity index is 2.86. The van der Waals surface area contributed by atoms with Gasteiger partial charge in [0.1, 0.15) is 5.82 Å². The van der Waals surface area contributed by atoms with E-state index in [9.17, 15) is 4.39 Å². The van der Waals surface area contributed by atoms with Crippen LogP contribution in [-0.4, -0.2) is 6.54 Å². The minimum atomic E-state index is -0.181. The fraction of sp³-hybridized carbons (Fsp3) is 0.538. The number of hydrogen-bond donors (Lipinski definition) is 1. The summed E-state index contributed by atoms with van der Waals surface area (Å²) < 4.78 is 12.8. The molecule has 1 unspecified atom stereocenters. The van der Waals surface area contributed by atoms with Gasteiger partial charge in [-0.1, -0.05) is 38.8 Å². The Hall–Kier alpha value is -0.890. The molecule has 0 saturated carbocycles. The molecule has 0 amide bonds. The van der Waals surface area contributed by atoms with Crippen LogP contribution >= 0.6 is 0 Å². The minimum Gasteiger partial charge on any atom is -0.330 e. The maximum atomic E-state index is 12.8. The predicted octanol–water partition coefficient (Wildman–Crippen LogP) is 3.30. The normalized spacial score (nSPS) is 13.1. The summed E-state index contributed by atoms with van der Waals surface area (Å²) in [6.07, 6.45) is 2.24. The maximum absolute atomic E-state index is 12.8. The van der Waals surface area contributed by atoms with E-state index in [0.717, 1.165) is 18.4 Å². The van der Waals surface area contributed by atoms with Crippen LogP contribution in [0.25, 0.3) is 0 Å². The summed E-state index contributed by atoms with van der Waals surface area (Å²) in [7, 11) is 0. The van der Waals surface area contributed by atoms with Crippen molar-refractivity contribution in [1.82, 2.24) is 0 Å². The first-order chi connectivity index (χ1) is 7.22. The van der Waals surface area contributed by atoms with E-state index in [0.29, 0.717) is 18.4 Å². The van der Waals surface area contributed by atoms with E-state index >= 15 is 0 Å². The molecule has 0 aromatic heterocycles. The van der Waals surface area contributed by atoms with Crippen molar-refractivity contribution in [2.45, 2.75) is 32.6 Å². The lowest BCUT2D eigenvalue weighted by Gasteiger charge is -2.24. The number of benzene rings is 1. The molecule has 0 aliphatic rings. The van der Waals surface area contributed by atoms with Crippen molar-refractivity contribution in [3.05, 3.63) is 35.6 Å². The van der Waals surface area contributed by atoms with E-state index in [-0.39, 0.29) is 5.82 Å². The fourth-order valence-electron chi connectivity index (χ4n) is 2.17. The van der Waals surface area contributed by atoms with Gasteiger partial charge in [-0.15, -0.1) is 0 Å². The first-order valence-electron chi connectivity index (χ1n) is 5.68. The molecule has 0 radical (unpaired) electrons. The fourth-order valence-corrected chi connectivity index (χ4v) is 2.17. The van der Waals surface area contributed by atoms with Gasteiger partial charge in [-0.2, -0.15) is 0 Å². The third-order valence-electron chi connectivity index (χ3n) is 3.17. The summed E-state index contributed by atoms with van der Waals surface area (Å²) in [5.41, 5.74) is 6.96. The summed E-state index contributed by atoms with van der Waals surface area (Å²) >= 11 is 0. The van der Waals surface area contributed by atoms with Gasteiger partial charge in [-0.3, -0.25) is 0 Å². The van der Waals surface area contributed by atoms with E-state index in [1.165, 1.54) is 12.1 Å². The summed E-state index contributed by atoms with van der Waals surface area (Å²) in [4.78, 5) is 0. The van der Waals surface area contributed by atoms with Crippen molar-refractivity contribution < 1.29 is 4.39 Å². The molecule has 1 nitrogen and oxygen atoms in total. The second-order valence-corrected chi connectivity index (χ2v) is 3.97. The Morgan fingerprint density at radius 2 is 1.67 bits per heavy atom. The molecule has 1 aromatic carbocycles. The highest BCUT2D eigenvalue weighted by molar-refractivity contribution is 5.21. The Bertz CT molecular complexity index is 277. The molecule has 0 aliphatic carbocycles. The average molecular weight is 209 g/mol. The molecule has 2 heteroatoms. The molecule has 15 heavy (non-hydrogen) atoms. The van der Waals surface area contributed by atoms with Crippen LogP contribution in [0.3, 0.4) is 0 Å². The molecule has 1 atom stereocenters. The zero-order valence-electron chi connectivity index (χ0n) is 9.54. The van der Waals surface area contributed by atoms with Crippen LogP contribution in [0.1, 0.15) is 38.2 Å². The van der Waals surface area contributed by atoms with E-state index in [2.05, 4.69) is 13.8 Å². The summed E-state index contributed by atoms with van der Waals surface area (Å²) in [5.74, 6) is 0.778. The van der Waals surface area contributed by atoms with E-state index < -0.39 is 0 Å². The van der Waals surface area contributed by atoms with Crippen molar-refractivity contribution >= 4 is 0 Å². The molecule has 1 rings (SSSR count). The van der Waals surface area contributed by atoms with Crippen LogP contribution in [0, 0.1) is 11.7 Å². The van der Waals surface area contributed by atoms with Crippen LogP contribution < -0.4 is 5.73 Å². The van der Waals surface area contributed by atoms with Crippen LogP contribution in [0.15, 0.2) is 24.3 Å². The van der Waals surface area contributed by atoms with Crippen molar-refractivity contribution in [1.29, 1.82) is 0 Å². The van der Waals surface area contributed by atoms with Crippen LogP contribution in [0.2, 0.25) is 0 Å². The topological polar surface area (TPSA) is 26.0 Å². The van der Waals surface area contributed by atoms with Gasteiger partial charge in [-0.25, -0.2) is 4.39 Å². The number of rotatable bonds is 5. The lowest BCUT2D eigenvalue weighted by molar-refractivity contribution is 0.402. The number of nitrogens with two attached hydrogens (primary N) is 1. The van der Waals surface area contributed by atoms with Crippen LogP contribution in [0.4, 0.5) is 4.39 Å². The van der Waals surface area contributed by atoms with Crippen molar-refractivity contribution in [3.63, 3.8) is 0 Å². The van der Waals surface area contributed by atoms with Gasteiger partial charge in [0, 0.05) is 0 Å². The highest BCUT2D eigenvalue weighted by Crippen LogP contribution is 2.28. The standard InChI is InChI=1S/C13H20FN/c1-3-10(4-2)13(9-15)11-5-7-12(14)8-6-11/h5-8,10,13H,3-4,9,15H2,1-2H3. The van der Waals surface area contributed by atoms with Crippen molar-refractivity contribution in [2.24, 2.45) is 11.7 Å². The lowest BCUT2D eigenvalue weighted by Crippen LogP contribution is -2.20. The first-order valence-corrected chi connectivity index (χ1v) is 5.68. The molecule has 1 aromatic rings. The Labute approximate surface area is 91.5 Å². The molecule has 0 bridgehead atoms. The van der Waals surface area contributed by atoms with E-state index in [1.54, 1.807) is 0 Å². The average Bonchev–Trinajstić information content (AvgIpc) is 2.27. The van der Waals surface area contributed by atoms with Gasteiger partial charge in [0.25, 0.3) is 0 Å². The summed E-state index contributed by atoms with van der Waals surface area (Å²) in [6.45, 7) is 5.00. The monoisotopic (exact) mass is 209 g/mol. The first kappa shape index (κ1) is 12.2. The number of halogens is 1. The van der Waals surface area contributed by atoms with Crippen LogP contribution in [0.5, 0.6) is 0 Å². The summed E-state index contributed by atoms with van der Waals surface area (Å²) in [6, 6.07) is 6.73. The molecule has 0 fully saturated rings. The minimum absolute atomic E-state index is 0.181. The summed E-state index contributed by atoms with van der Waals surface area (Å²) in [5, 5.41) is 0. The van der Waals surface area contributed by atoms with Gasteiger partial charge in [-0.05, 0) is 36.1 Å². The Morgan fingerprint density at radius 1 is 1.13 bits per heavy atom. The maximum Gasteiger partial charge on any atom is 0.123 e. The van der Waals surface area contributed by atoms with E-state index in [1.807, 2.05) is 12.1 Å². The van der Waals surface area contributed by atoms with Gasteiger partial charge >= 0.3 is 0 Å². The van der Waals surface area contributed by atoms with Gasteiger partial charge in [0.05, 0.1) is 0 Å². The Morgan fingerprint density at radius 3 is 2.07 bits per heavy atom. The molecule has 0 aliphatic heterocycles. The third-order valence-corrected chi connectivity index (χ3v) is 3.17.